The van der Waals surface area contributed by atoms with Crippen molar-refractivity contribution >= 4 is 5.96 Å². The van der Waals surface area contributed by atoms with Crippen molar-refractivity contribution in [2.75, 3.05) is 6.54 Å². The Balaban J connectivity index is 2.57. The summed E-state index contributed by atoms with van der Waals surface area (Å²) in [6.45, 7) is 16.2. The van der Waals surface area contributed by atoms with Gasteiger partial charge >= 0.3 is 0 Å². The summed E-state index contributed by atoms with van der Waals surface area (Å²) in [7, 11) is 0. The molecule has 0 amide bonds. The fourth-order valence-corrected chi connectivity index (χ4v) is 2.23. The molecular weight excluding hydrogens is 302 g/mol. The van der Waals surface area contributed by atoms with Crippen LogP contribution in [0.4, 0.5) is 0 Å². The Labute approximate surface area is 146 Å². The van der Waals surface area contributed by atoms with Crippen LogP contribution in [0.1, 0.15) is 79.4 Å². The average molecular weight is 338 g/mol. The van der Waals surface area contributed by atoms with Crippen LogP contribution in [0, 0.1) is 5.92 Å². The Morgan fingerprint density at radius 2 is 1.92 bits per heavy atom. The molecule has 0 aliphatic carbocycles. The number of nitrogens with zero attached hydrogens (tertiary/aromatic N) is 3. The van der Waals surface area contributed by atoms with Gasteiger partial charge in [0.15, 0.2) is 11.8 Å². The van der Waals surface area contributed by atoms with Crippen LogP contribution in [0.25, 0.3) is 0 Å². The summed E-state index contributed by atoms with van der Waals surface area (Å²) >= 11 is 0. The lowest BCUT2D eigenvalue weighted by Gasteiger charge is -2.18. The molecule has 0 fully saturated rings. The first kappa shape index (κ1) is 20.5. The van der Waals surface area contributed by atoms with Crippen molar-refractivity contribution < 1.29 is 4.52 Å². The van der Waals surface area contributed by atoms with E-state index in [1.165, 1.54) is 12.8 Å². The molecule has 0 aliphatic heterocycles. The molecule has 0 radical (unpaired) electrons. The minimum atomic E-state index is -0.136. The van der Waals surface area contributed by atoms with Gasteiger partial charge in [0.05, 0.1) is 0 Å². The fraction of sp³-hybridized carbons (Fsp3) is 0.833. The van der Waals surface area contributed by atoms with Gasteiger partial charge in [0.25, 0.3) is 0 Å². The van der Waals surface area contributed by atoms with Gasteiger partial charge in [0.1, 0.15) is 6.54 Å². The van der Waals surface area contributed by atoms with E-state index in [9.17, 15) is 0 Å². The Morgan fingerprint density at radius 1 is 1.21 bits per heavy atom. The van der Waals surface area contributed by atoms with Crippen LogP contribution in [-0.4, -0.2) is 28.7 Å². The Hall–Kier alpha value is -1.59. The highest BCUT2D eigenvalue weighted by molar-refractivity contribution is 5.79. The average Bonchev–Trinajstić information content (AvgIpc) is 2.93. The van der Waals surface area contributed by atoms with E-state index in [4.69, 9.17) is 4.52 Å². The molecule has 1 unspecified atom stereocenters. The first-order valence-corrected chi connectivity index (χ1v) is 9.10. The summed E-state index contributed by atoms with van der Waals surface area (Å²) in [5.41, 5.74) is -0.136. The van der Waals surface area contributed by atoms with Gasteiger partial charge in [0.2, 0.25) is 5.89 Å². The van der Waals surface area contributed by atoms with Gasteiger partial charge < -0.3 is 15.2 Å². The summed E-state index contributed by atoms with van der Waals surface area (Å²) < 4.78 is 5.31. The van der Waals surface area contributed by atoms with Crippen molar-refractivity contribution in [3.8, 4) is 0 Å². The summed E-state index contributed by atoms with van der Waals surface area (Å²) in [5.74, 6) is 2.82. The largest absolute Gasteiger partial charge is 0.357 e. The molecule has 0 aromatic carbocycles. The molecule has 0 spiro atoms. The minimum Gasteiger partial charge on any atom is -0.357 e. The zero-order valence-corrected chi connectivity index (χ0v) is 16.4. The van der Waals surface area contributed by atoms with E-state index < -0.39 is 0 Å². The summed E-state index contributed by atoms with van der Waals surface area (Å²) in [5, 5.41) is 10.7. The maximum absolute atomic E-state index is 5.31. The highest BCUT2D eigenvalue weighted by Crippen LogP contribution is 2.19. The third-order valence-electron chi connectivity index (χ3n) is 3.63. The van der Waals surface area contributed by atoms with E-state index in [0.29, 0.717) is 24.3 Å². The second-order valence-corrected chi connectivity index (χ2v) is 7.83. The van der Waals surface area contributed by atoms with Crippen LogP contribution >= 0.6 is 0 Å². The highest BCUT2D eigenvalue weighted by atomic mass is 16.5. The number of hydrogen-bond acceptors (Lipinski definition) is 4. The van der Waals surface area contributed by atoms with Crippen LogP contribution in [0.5, 0.6) is 0 Å². The van der Waals surface area contributed by atoms with Crippen molar-refractivity contribution in [1.82, 2.24) is 20.8 Å². The molecule has 0 saturated carbocycles. The smallest absolute Gasteiger partial charge is 0.232 e. The molecule has 1 aromatic rings. The van der Waals surface area contributed by atoms with Crippen molar-refractivity contribution in [3.63, 3.8) is 0 Å². The molecule has 0 bridgehead atoms. The highest BCUT2D eigenvalue weighted by Gasteiger charge is 2.21. The Morgan fingerprint density at radius 3 is 2.46 bits per heavy atom. The molecule has 1 aromatic heterocycles. The Kier molecular flexibility index (Phi) is 8.22. The second kappa shape index (κ2) is 9.64. The monoisotopic (exact) mass is 337 g/mol. The zero-order chi connectivity index (χ0) is 18.2. The van der Waals surface area contributed by atoms with Crippen LogP contribution < -0.4 is 10.6 Å². The predicted molar refractivity (Wildman–Crippen MR) is 99.1 cm³/mol. The molecule has 1 atom stereocenters. The second-order valence-electron chi connectivity index (χ2n) is 7.83. The molecule has 6 nitrogen and oxygen atoms in total. The lowest BCUT2D eigenvalue weighted by molar-refractivity contribution is 0.318. The van der Waals surface area contributed by atoms with Gasteiger partial charge in [-0.25, -0.2) is 4.99 Å². The quantitative estimate of drug-likeness (QED) is 0.559. The van der Waals surface area contributed by atoms with Gasteiger partial charge in [0, 0.05) is 18.0 Å². The normalized spacial score (nSPS) is 14.1. The van der Waals surface area contributed by atoms with E-state index in [0.717, 1.165) is 24.8 Å². The molecule has 24 heavy (non-hydrogen) atoms. The first-order valence-electron chi connectivity index (χ1n) is 9.10. The maximum Gasteiger partial charge on any atom is 0.232 e. The van der Waals surface area contributed by atoms with Gasteiger partial charge in [-0.3, -0.25) is 0 Å². The van der Waals surface area contributed by atoms with Crippen LogP contribution in [-0.2, 0) is 12.0 Å². The number of nitrogens with one attached hydrogen (secondary N) is 2. The van der Waals surface area contributed by atoms with Crippen molar-refractivity contribution in [2.24, 2.45) is 10.9 Å². The standard InChI is InChI=1S/C18H35N5O/c1-8-19-17(21-14(4)11-9-10-13(2)3)20-12-15-22-16(24-23-15)18(5,6)7/h13-14H,8-12H2,1-7H3,(H2,19,20,21). The van der Waals surface area contributed by atoms with E-state index >= 15 is 0 Å². The molecular formula is C18H35N5O. The third-order valence-corrected chi connectivity index (χ3v) is 3.63. The van der Waals surface area contributed by atoms with Gasteiger partial charge in [-0.2, -0.15) is 4.98 Å². The number of aromatic nitrogens is 2. The lowest BCUT2D eigenvalue weighted by atomic mass is 9.97. The number of aliphatic imine (C=N–C) groups is 1. The number of rotatable bonds is 8. The molecule has 0 aliphatic rings. The molecule has 1 heterocycles. The topological polar surface area (TPSA) is 75.3 Å². The number of hydrogen-bond donors (Lipinski definition) is 2. The van der Waals surface area contributed by atoms with Gasteiger partial charge in [-0.05, 0) is 26.2 Å². The maximum atomic E-state index is 5.31. The minimum absolute atomic E-state index is 0.136. The van der Waals surface area contributed by atoms with Crippen LogP contribution in [0.15, 0.2) is 9.52 Å². The molecule has 2 N–H and O–H groups in total. The van der Waals surface area contributed by atoms with Crippen molar-refractivity contribution in [3.05, 3.63) is 11.7 Å². The van der Waals surface area contributed by atoms with E-state index in [-0.39, 0.29) is 5.41 Å². The van der Waals surface area contributed by atoms with Crippen LogP contribution in [0.2, 0.25) is 0 Å². The van der Waals surface area contributed by atoms with Gasteiger partial charge in [-0.15, -0.1) is 0 Å². The SMILES string of the molecule is CCNC(=NCc1noc(C(C)(C)C)n1)NC(C)CCCC(C)C. The third kappa shape index (κ3) is 7.79. The predicted octanol–water partition coefficient (Wildman–Crippen LogP) is 3.64. The summed E-state index contributed by atoms with van der Waals surface area (Å²) in [6.07, 6.45) is 3.63. The fourth-order valence-electron chi connectivity index (χ4n) is 2.23. The van der Waals surface area contributed by atoms with E-state index in [1.54, 1.807) is 0 Å². The molecule has 6 heteroatoms. The Bertz CT molecular complexity index is 502. The summed E-state index contributed by atoms with van der Waals surface area (Å²) in [6, 6.07) is 0.386. The van der Waals surface area contributed by atoms with Gasteiger partial charge in [-0.1, -0.05) is 52.6 Å². The lowest BCUT2D eigenvalue weighted by Crippen LogP contribution is -2.42. The summed E-state index contributed by atoms with van der Waals surface area (Å²) in [4.78, 5) is 8.99. The molecule has 138 valence electrons. The molecule has 1 rings (SSSR count). The molecule has 0 saturated heterocycles. The van der Waals surface area contributed by atoms with Crippen molar-refractivity contribution in [1.29, 1.82) is 0 Å². The van der Waals surface area contributed by atoms with E-state index in [1.807, 2.05) is 0 Å². The van der Waals surface area contributed by atoms with Crippen LogP contribution in [0.3, 0.4) is 0 Å². The number of guanidine groups is 1. The van der Waals surface area contributed by atoms with E-state index in [2.05, 4.69) is 74.2 Å². The zero-order valence-electron chi connectivity index (χ0n) is 16.4. The first-order chi connectivity index (χ1) is 11.2. The van der Waals surface area contributed by atoms with Crippen molar-refractivity contribution in [2.45, 2.75) is 85.7 Å².